The van der Waals surface area contributed by atoms with E-state index >= 15 is 0 Å². The molecule has 0 bridgehead atoms. The van der Waals surface area contributed by atoms with Crippen LogP contribution in [-0.2, 0) is 26.0 Å². The summed E-state index contributed by atoms with van der Waals surface area (Å²) in [6.45, 7) is 2.01. The number of rotatable bonds is 6. The highest BCUT2D eigenvalue weighted by atomic mass is 32.2. The van der Waals surface area contributed by atoms with E-state index in [1.54, 1.807) is 23.1 Å². The van der Waals surface area contributed by atoms with E-state index in [1.165, 1.54) is 13.0 Å². The van der Waals surface area contributed by atoms with Gasteiger partial charge in [0.05, 0.1) is 28.7 Å². The van der Waals surface area contributed by atoms with Crippen molar-refractivity contribution in [3.8, 4) is 0 Å². The van der Waals surface area contributed by atoms with Crippen LogP contribution in [0, 0.1) is 5.82 Å². The van der Waals surface area contributed by atoms with Gasteiger partial charge >= 0.3 is 0 Å². The van der Waals surface area contributed by atoms with Crippen LogP contribution in [0.15, 0.2) is 77.7 Å². The smallest absolute Gasteiger partial charge is 0.261 e. The van der Waals surface area contributed by atoms with E-state index < -0.39 is 21.9 Å². The third kappa shape index (κ3) is 5.09. The van der Waals surface area contributed by atoms with Crippen LogP contribution in [0.25, 0.3) is 0 Å². The molecular weight excluding hydrogens is 457 g/mol. The SMILES string of the molecule is CC(=O)N1CCc2ccccc2C1CC(=O)Nc1ccccc1NS(=O)(=O)c1ccc(F)cc1. The number of nitrogens with one attached hydrogen (secondary N) is 2. The summed E-state index contributed by atoms with van der Waals surface area (Å²) in [7, 11) is -4.00. The minimum atomic E-state index is -4.00. The summed E-state index contributed by atoms with van der Waals surface area (Å²) in [5, 5.41) is 2.77. The summed E-state index contributed by atoms with van der Waals surface area (Å²) in [6, 6.07) is 18.2. The summed E-state index contributed by atoms with van der Waals surface area (Å²) >= 11 is 0. The van der Waals surface area contributed by atoms with Gasteiger partial charge in [0.15, 0.2) is 0 Å². The molecule has 0 saturated carbocycles. The molecule has 4 rings (SSSR count). The topological polar surface area (TPSA) is 95.6 Å². The summed E-state index contributed by atoms with van der Waals surface area (Å²) < 4.78 is 41.1. The number of nitrogens with zero attached hydrogens (tertiary/aromatic N) is 1. The zero-order chi connectivity index (χ0) is 24.3. The van der Waals surface area contributed by atoms with Crippen molar-refractivity contribution in [1.29, 1.82) is 0 Å². The fraction of sp³-hybridized carbons (Fsp3) is 0.200. The van der Waals surface area contributed by atoms with Gasteiger partial charge in [0.25, 0.3) is 10.0 Å². The maximum atomic E-state index is 13.2. The molecular formula is C25H24FN3O4S. The molecule has 1 heterocycles. The monoisotopic (exact) mass is 481 g/mol. The fourth-order valence-corrected chi connectivity index (χ4v) is 5.20. The molecule has 1 aliphatic heterocycles. The van der Waals surface area contributed by atoms with Gasteiger partial charge in [-0.3, -0.25) is 14.3 Å². The average Bonchev–Trinajstić information content (AvgIpc) is 2.80. The standard InChI is InChI=1S/C25H24FN3O4S/c1-17(30)29-15-14-18-6-2-3-7-21(18)24(29)16-25(31)27-22-8-4-5-9-23(22)28-34(32,33)20-12-10-19(26)11-13-20/h2-13,24,28H,14-16H2,1H3,(H,27,31). The minimum Gasteiger partial charge on any atom is -0.335 e. The Morgan fingerprint density at radius 1 is 0.971 bits per heavy atom. The average molecular weight is 482 g/mol. The van der Waals surface area contributed by atoms with Gasteiger partial charge in [-0.2, -0.15) is 0 Å². The molecule has 9 heteroatoms. The van der Waals surface area contributed by atoms with Crippen LogP contribution in [0.5, 0.6) is 0 Å². The van der Waals surface area contributed by atoms with Crippen molar-refractivity contribution < 1.29 is 22.4 Å². The van der Waals surface area contributed by atoms with E-state index in [2.05, 4.69) is 10.0 Å². The van der Waals surface area contributed by atoms with Gasteiger partial charge in [-0.25, -0.2) is 12.8 Å². The van der Waals surface area contributed by atoms with Crippen LogP contribution in [0.4, 0.5) is 15.8 Å². The molecule has 0 spiro atoms. The Hall–Kier alpha value is -3.72. The van der Waals surface area contributed by atoms with Crippen molar-refractivity contribution in [2.75, 3.05) is 16.6 Å². The van der Waals surface area contributed by atoms with Gasteiger partial charge in [-0.15, -0.1) is 0 Å². The molecule has 0 radical (unpaired) electrons. The Balaban J connectivity index is 1.54. The number of carbonyl (C=O) groups is 2. The zero-order valence-corrected chi connectivity index (χ0v) is 19.3. The van der Waals surface area contributed by atoms with Crippen molar-refractivity contribution in [2.45, 2.75) is 30.7 Å². The molecule has 0 aromatic heterocycles. The number of para-hydroxylation sites is 2. The van der Waals surface area contributed by atoms with E-state index in [4.69, 9.17) is 0 Å². The summed E-state index contributed by atoms with van der Waals surface area (Å²) in [4.78, 5) is 26.8. The Bertz CT molecular complexity index is 1330. The highest BCUT2D eigenvalue weighted by Gasteiger charge is 2.30. The predicted octanol–water partition coefficient (Wildman–Crippen LogP) is 4.10. The Labute approximate surface area is 197 Å². The normalized spacial score (nSPS) is 15.4. The van der Waals surface area contributed by atoms with Crippen LogP contribution >= 0.6 is 0 Å². The van der Waals surface area contributed by atoms with Crippen molar-refractivity contribution in [1.82, 2.24) is 4.90 Å². The van der Waals surface area contributed by atoms with Gasteiger partial charge in [-0.1, -0.05) is 36.4 Å². The third-order valence-corrected chi connectivity index (χ3v) is 7.15. The first-order valence-electron chi connectivity index (χ1n) is 10.8. The molecule has 2 amide bonds. The van der Waals surface area contributed by atoms with Crippen molar-refractivity contribution in [3.05, 3.63) is 89.7 Å². The number of carbonyl (C=O) groups excluding carboxylic acids is 2. The molecule has 176 valence electrons. The molecule has 0 fully saturated rings. The molecule has 0 saturated heterocycles. The van der Waals surface area contributed by atoms with Crippen LogP contribution in [0.1, 0.15) is 30.5 Å². The highest BCUT2D eigenvalue weighted by molar-refractivity contribution is 7.92. The summed E-state index contributed by atoms with van der Waals surface area (Å²) in [6.07, 6.45) is 0.748. The second kappa shape index (κ2) is 9.64. The lowest BCUT2D eigenvalue weighted by atomic mass is 9.90. The van der Waals surface area contributed by atoms with E-state index in [0.717, 1.165) is 41.8 Å². The lowest BCUT2D eigenvalue weighted by Gasteiger charge is -2.36. The van der Waals surface area contributed by atoms with Gasteiger partial charge in [0, 0.05) is 13.5 Å². The number of sulfonamides is 1. The predicted molar refractivity (Wildman–Crippen MR) is 127 cm³/mol. The molecule has 3 aromatic rings. The summed E-state index contributed by atoms with van der Waals surface area (Å²) in [5.74, 6) is -1.02. The fourth-order valence-electron chi connectivity index (χ4n) is 4.12. The highest BCUT2D eigenvalue weighted by Crippen LogP contribution is 2.33. The number of hydrogen-bond donors (Lipinski definition) is 2. The van der Waals surface area contributed by atoms with Gasteiger partial charge in [-0.05, 0) is 53.9 Å². The number of amides is 2. The Morgan fingerprint density at radius 3 is 2.32 bits per heavy atom. The molecule has 34 heavy (non-hydrogen) atoms. The minimum absolute atomic E-state index is 0.0235. The van der Waals surface area contributed by atoms with E-state index in [1.807, 2.05) is 24.3 Å². The number of anilines is 2. The maximum Gasteiger partial charge on any atom is 0.261 e. The van der Waals surface area contributed by atoms with Crippen molar-refractivity contribution in [2.24, 2.45) is 0 Å². The van der Waals surface area contributed by atoms with Crippen LogP contribution < -0.4 is 10.0 Å². The van der Waals surface area contributed by atoms with E-state index in [9.17, 15) is 22.4 Å². The maximum absolute atomic E-state index is 13.2. The molecule has 2 N–H and O–H groups in total. The van der Waals surface area contributed by atoms with Crippen LogP contribution in [0.2, 0.25) is 0 Å². The molecule has 1 aliphatic rings. The van der Waals surface area contributed by atoms with Crippen LogP contribution in [0.3, 0.4) is 0 Å². The number of halogens is 1. The molecule has 3 aromatic carbocycles. The number of benzene rings is 3. The summed E-state index contributed by atoms with van der Waals surface area (Å²) in [5.41, 5.74) is 2.49. The molecule has 1 unspecified atom stereocenters. The quantitative estimate of drug-likeness (QED) is 0.554. The van der Waals surface area contributed by atoms with E-state index in [0.29, 0.717) is 6.54 Å². The largest absolute Gasteiger partial charge is 0.335 e. The Kier molecular flexibility index (Phi) is 6.65. The first-order valence-corrected chi connectivity index (χ1v) is 12.3. The molecule has 1 atom stereocenters. The molecule has 0 aliphatic carbocycles. The number of hydrogen-bond acceptors (Lipinski definition) is 4. The second-order valence-corrected chi connectivity index (χ2v) is 9.72. The van der Waals surface area contributed by atoms with Gasteiger partial charge < -0.3 is 10.2 Å². The lowest BCUT2D eigenvalue weighted by molar-refractivity contribution is -0.132. The third-order valence-electron chi connectivity index (χ3n) is 5.76. The number of fused-ring (bicyclic) bond motifs is 1. The first kappa shape index (κ1) is 23.4. The van der Waals surface area contributed by atoms with Crippen molar-refractivity contribution in [3.63, 3.8) is 0 Å². The van der Waals surface area contributed by atoms with Crippen molar-refractivity contribution >= 4 is 33.2 Å². The zero-order valence-electron chi connectivity index (χ0n) is 18.5. The van der Waals surface area contributed by atoms with Gasteiger partial charge in [0.2, 0.25) is 11.8 Å². The molecule has 7 nitrogen and oxygen atoms in total. The van der Waals surface area contributed by atoms with Gasteiger partial charge in [0.1, 0.15) is 5.82 Å². The Morgan fingerprint density at radius 2 is 1.62 bits per heavy atom. The van der Waals surface area contributed by atoms with E-state index in [-0.39, 0.29) is 34.5 Å². The van der Waals surface area contributed by atoms with Crippen LogP contribution in [-0.4, -0.2) is 31.7 Å². The second-order valence-electron chi connectivity index (χ2n) is 8.03. The lowest BCUT2D eigenvalue weighted by Crippen LogP contribution is -2.40. The first-order chi connectivity index (χ1) is 16.2.